The Morgan fingerprint density at radius 3 is 2.75 bits per heavy atom. The lowest BCUT2D eigenvalue weighted by atomic mass is 9.83. The van der Waals surface area contributed by atoms with E-state index in [1.165, 1.54) is 37.7 Å². The highest BCUT2D eigenvalue weighted by Crippen LogP contribution is 2.27. The van der Waals surface area contributed by atoms with E-state index in [0.29, 0.717) is 5.54 Å². The Morgan fingerprint density at radius 2 is 2.12 bits per heavy atom. The summed E-state index contributed by atoms with van der Waals surface area (Å²) in [6.07, 6.45) is 12.0. The maximum absolute atomic E-state index is 4.19. The van der Waals surface area contributed by atoms with Gasteiger partial charge in [0.15, 0.2) is 0 Å². The summed E-state index contributed by atoms with van der Waals surface area (Å²) in [6, 6.07) is 0. The number of hydrogen-bond donors (Lipinski definition) is 1. The Bertz CT molecular complexity index is 324. The molecule has 0 bridgehead atoms. The fourth-order valence-electron chi connectivity index (χ4n) is 2.62. The second-order valence-electron chi connectivity index (χ2n) is 5.32. The monoisotopic (exact) mass is 221 g/mol. The van der Waals surface area contributed by atoms with Crippen molar-refractivity contribution in [1.82, 2.24) is 15.1 Å². The molecule has 0 amide bonds. The van der Waals surface area contributed by atoms with Crippen LogP contribution in [0.3, 0.4) is 0 Å². The highest BCUT2D eigenvalue weighted by atomic mass is 15.2. The van der Waals surface area contributed by atoms with Crippen LogP contribution < -0.4 is 5.32 Å². The molecule has 0 atom stereocenters. The Hall–Kier alpha value is -0.830. The van der Waals surface area contributed by atoms with Gasteiger partial charge in [-0.1, -0.05) is 19.3 Å². The molecular formula is C13H23N3. The standard InChI is InChI=1S/C13H23N3/c1-13(7-4-3-5-8-13)14-9-6-12-10-15-16(2)11-12/h10-11,14H,3-9H2,1-2H3. The first-order chi connectivity index (χ1) is 7.68. The molecule has 0 saturated heterocycles. The molecule has 0 radical (unpaired) electrons. The summed E-state index contributed by atoms with van der Waals surface area (Å²) in [7, 11) is 1.97. The Kier molecular flexibility index (Phi) is 3.64. The molecule has 1 aliphatic rings. The molecule has 1 fully saturated rings. The smallest absolute Gasteiger partial charge is 0.0522 e. The van der Waals surface area contributed by atoms with Crippen LogP contribution in [0.25, 0.3) is 0 Å². The zero-order chi connectivity index (χ0) is 11.4. The molecule has 2 rings (SSSR count). The minimum atomic E-state index is 0.389. The predicted molar refractivity (Wildman–Crippen MR) is 66.4 cm³/mol. The third kappa shape index (κ3) is 3.08. The number of aromatic nitrogens is 2. The van der Waals surface area contributed by atoms with Crippen LogP contribution in [0.4, 0.5) is 0 Å². The lowest BCUT2D eigenvalue weighted by Gasteiger charge is -2.34. The van der Waals surface area contributed by atoms with Gasteiger partial charge in [0.25, 0.3) is 0 Å². The van der Waals surface area contributed by atoms with Crippen LogP contribution in [-0.4, -0.2) is 21.9 Å². The molecule has 90 valence electrons. The molecule has 1 saturated carbocycles. The molecule has 0 aliphatic heterocycles. The summed E-state index contributed by atoms with van der Waals surface area (Å²) in [5.41, 5.74) is 1.72. The highest BCUT2D eigenvalue weighted by Gasteiger charge is 2.25. The molecule has 0 unspecified atom stereocenters. The van der Waals surface area contributed by atoms with E-state index in [-0.39, 0.29) is 0 Å². The normalized spacial score (nSPS) is 19.9. The van der Waals surface area contributed by atoms with Gasteiger partial charge in [-0.25, -0.2) is 0 Å². The van der Waals surface area contributed by atoms with Gasteiger partial charge in [0, 0.05) is 18.8 Å². The second kappa shape index (κ2) is 5.00. The van der Waals surface area contributed by atoms with E-state index < -0.39 is 0 Å². The Morgan fingerprint density at radius 1 is 1.38 bits per heavy atom. The predicted octanol–water partition coefficient (Wildman–Crippen LogP) is 2.28. The van der Waals surface area contributed by atoms with Gasteiger partial charge in [-0.2, -0.15) is 5.10 Å². The van der Waals surface area contributed by atoms with Gasteiger partial charge in [-0.3, -0.25) is 4.68 Å². The number of nitrogens with one attached hydrogen (secondary N) is 1. The van der Waals surface area contributed by atoms with E-state index in [1.807, 2.05) is 17.9 Å². The van der Waals surface area contributed by atoms with Crippen LogP contribution in [-0.2, 0) is 13.5 Å². The maximum atomic E-state index is 4.19. The third-order valence-electron chi connectivity index (χ3n) is 3.68. The average Bonchev–Trinajstić information content (AvgIpc) is 2.65. The number of hydrogen-bond acceptors (Lipinski definition) is 2. The van der Waals surface area contributed by atoms with Gasteiger partial charge < -0.3 is 5.32 Å². The largest absolute Gasteiger partial charge is 0.311 e. The van der Waals surface area contributed by atoms with E-state index in [2.05, 4.69) is 23.5 Å². The molecule has 3 heteroatoms. The number of nitrogens with zero attached hydrogens (tertiary/aromatic N) is 2. The zero-order valence-electron chi connectivity index (χ0n) is 10.5. The van der Waals surface area contributed by atoms with Gasteiger partial charge in [0.05, 0.1) is 6.20 Å². The first kappa shape index (κ1) is 11.6. The van der Waals surface area contributed by atoms with Crippen LogP contribution in [0.15, 0.2) is 12.4 Å². The lowest BCUT2D eigenvalue weighted by molar-refractivity contribution is 0.256. The number of aryl methyl sites for hydroxylation is 1. The molecule has 1 heterocycles. The summed E-state index contributed by atoms with van der Waals surface area (Å²) in [6.45, 7) is 3.44. The summed E-state index contributed by atoms with van der Waals surface area (Å²) in [5.74, 6) is 0. The Balaban J connectivity index is 1.74. The summed E-state index contributed by atoms with van der Waals surface area (Å²) >= 11 is 0. The minimum absolute atomic E-state index is 0.389. The molecule has 3 nitrogen and oxygen atoms in total. The second-order valence-corrected chi connectivity index (χ2v) is 5.32. The minimum Gasteiger partial charge on any atom is -0.311 e. The van der Waals surface area contributed by atoms with Crippen LogP contribution in [0.5, 0.6) is 0 Å². The van der Waals surface area contributed by atoms with Crippen molar-refractivity contribution in [2.24, 2.45) is 7.05 Å². The van der Waals surface area contributed by atoms with Crippen molar-refractivity contribution in [3.8, 4) is 0 Å². The van der Waals surface area contributed by atoms with E-state index >= 15 is 0 Å². The molecule has 1 N–H and O–H groups in total. The van der Waals surface area contributed by atoms with E-state index in [1.54, 1.807) is 0 Å². The van der Waals surface area contributed by atoms with Crippen molar-refractivity contribution in [2.75, 3.05) is 6.54 Å². The van der Waals surface area contributed by atoms with Crippen molar-refractivity contribution < 1.29 is 0 Å². The molecule has 16 heavy (non-hydrogen) atoms. The summed E-state index contributed by atoms with van der Waals surface area (Å²) in [4.78, 5) is 0. The fourth-order valence-corrected chi connectivity index (χ4v) is 2.62. The summed E-state index contributed by atoms with van der Waals surface area (Å²) < 4.78 is 1.87. The zero-order valence-corrected chi connectivity index (χ0v) is 10.5. The van der Waals surface area contributed by atoms with Crippen molar-refractivity contribution in [3.05, 3.63) is 18.0 Å². The van der Waals surface area contributed by atoms with Gasteiger partial charge >= 0.3 is 0 Å². The van der Waals surface area contributed by atoms with E-state index in [9.17, 15) is 0 Å². The van der Waals surface area contributed by atoms with Crippen LogP contribution in [0, 0.1) is 0 Å². The summed E-state index contributed by atoms with van der Waals surface area (Å²) in [5, 5.41) is 7.91. The molecule has 1 aromatic rings. The van der Waals surface area contributed by atoms with Gasteiger partial charge in [0.2, 0.25) is 0 Å². The topological polar surface area (TPSA) is 29.9 Å². The van der Waals surface area contributed by atoms with Crippen molar-refractivity contribution in [2.45, 2.75) is 51.0 Å². The van der Waals surface area contributed by atoms with Crippen molar-refractivity contribution in [1.29, 1.82) is 0 Å². The molecule has 1 aromatic heterocycles. The molecule has 1 aliphatic carbocycles. The van der Waals surface area contributed by atoms with Crippen molar-refractivity contribution in [3.63, 3.8) is 0 Å². The van der Waals surface area contributed by atoms with Crippen molar-refractivity contribution >= 4 is 0 Å². The van der Waals surface area contributed by atoms with E-state index in [0.717, 1.165) is 13.0 Å². The first-order valence-corrected chi connectivity index (χ1v) is 6.41. The maximum Gasteiger partial charge on any atom is 0.0522 e. The third-order valence-corrected chi connectivity index (χ3v) is 3.68. The fraction of sp³-hybridized carbons (Fsp3) is 0.769. The van der Waals surface area contributed by atoms with Crippen LogP contribution in [0.2, 0.25) is 0 Å². The first-order valence-electron chi connectivity index (χ1n) is 6.41. The van der Waals surface area contributed by atoms with Gasteiger partial charge in [-0.05, 0) is 38.3 Å². The SMILES string of the molecule is Cn1cc(CCNC2(C)CCCCC2)cn1. The molecule has 0 aromatic carbocycles. The van der Waals surface area contributed by atoms with Crippen LogP contribution in [0.1, 0.15) is 44.6 Å². The van der Waals surface area contributed by atoms with Gasteiger partial charge in [0.1, 0.15) is 0 Å². The molecule has 0 spiro atoms. The highest BCUT2D eigenvalue weighted by molar-refractivity contribution is 5.04. The quantitative estimate of drug-likeness (QED) is 0.845. The lowest BCUT2D eigenvalue weighted by Crippen LogP contribution is -2.44. The Labute approximate surface area is 98.2 Å². The number of rotatable bonds is 4. The van der Waals surface area contributed by atoms with Gasteiger partial charge in [-0.15, -0.1) is 0 Å². The van der Waals surface area contributed by atoms with E-state index in [4.69, 9.17) is 0 Å². The van der Waals surface area contributed by atoms with Crippen LogP contribution >= 0.6 is 0 Å². The average molecular weight is 221 g/mol. The molecular weight excluding hydrogens is 198 g/mol.